The molecule has 1 heterocycles. The SMILES string of the molecule is O=C(CCl)N(Cc1ccccc1)C1CCS(=O)(=O)C1. The van der Waals surface area contributed by atoms with Crippen LogP contribution in [0.25, 0.3) is 0 Å². The molecule has 1 amide bonds. The number of nitrogens with zero attached hydrogens (tertiary/aromatic N) is 1. The highest BCUT2D eigenvalue weighted by Gasteiger charge is 2.34. The van der Waals surface area contributed by atoms with E-state index in [9.17, 15) is 13.2 Å². The van der Waals surface area contributed by atoms with Gasteiger partial charge in [-0.1, -0.05) is 30.3 Å². The average Bonchev–Trinajstić information content (AvgIpc) is 2.76. The minimum atomic E-state index is -3.01. The van der Waals surface area contributed by atoms with E-state index in [-0.39, 0.29) is 29.3 Å². The number of halogens is 1. The minimum Gasteiger partial charge on any atom is -0.333 e. The number of alkyl halides is 1. The molecule has 0 spiro atoms. The average molecular weight is 302 g/mol. The van der Waals surface area contributed by atoms with Crippen molar-refractivity contribution in [1.82, 2.24) is 4.90 Å². The number of hydrogen-bond acceptors (Lipinski definition) is 3. The molecule has 104 valence electrons. The fourth-order valence-corrected chi connectivity index (χ4v) is 4.18. The van der Waals surface area contributed by atoms with Crippen LogP contribution in [0, 0.1) is 0 Å². The maximum Gasteiger partial charge on any atom is 0.238 e. The summed E-state index contributed by atoms with van der Waals surface area (Å²) in [4.78, 5) is 13.5. The van der Waals surface area contributed by atoms with E-state index in [4.69, 9.17) is 11.6 Å². The lowest BCUT2D eigenvalue weighted by Crippen LogP contribution is -2.41. The summed E-state index contributed by atoms with van der Waals surface area (Å²) in [6.45, 7) is 0.409. The summed E-state index contributed by atoms with van der Waals surface area (Å²) >= 11 is 5.62. The lowest BCUT2D eigenvalue weighted by Gasteiger charge is -2.27. The second-order valence-electron chi connectivity index (χ2n) is 4.70. The molecule has 1 fully saturated rings. The Balaban J connectivity index is 2.15. The van der Waals surface area contributed by atoms with Crippen LogP contribution in [0.4, 0.5) is 0 Å². The Morgan fingerprint density at radius 1 is 1.32 bits per heavy atom. The van der Waals surface area contributed by atoms with Gasteiger partial charge >= 0.3 is 0 Å². The highest BCUT2D eigenvalue weighted by molar-refractivity contribution is 7.91. The summed E-state index contributed by atoms with van der Waals surface area (Å²) in [6, 6.07) is 9.26. The summed E-state index contributed by atoms with van der Waals surface area (Å²) in [5.74, 6) is -0.141. The Labute approximate surface area is 118 Å². The van der Waals surface area contributed by atoms with Gasteiger partial charge in [0.15, 0.2) is 9.84 Å². The topological polar surface area (TPSA) is 54.5 Å². The molecule has 19 heavy (non-hydrogen) atoms. The van der Waals surface area contributed by atoms with Gasteiger partial charge in [0.05, 0.1) is 11.5 Å². The van der Waals surface area contributed by atoms with Crippen LogP contribution in [0.3, 0.4) is 0 Å². The van der Waals surface area contributed by atoms with Gasteiger partial charge in [-0.2, -0.15) is 0 Å². The van der Waals surface area contributed by atoms with Gasteiger partial charge in [0.1, 0.15) is 5.88 Å². The van der Waals surface area contributed by atoms with Gasteiger partial charge in [-0.05, 0) is 12.0 Å². The van der Waals surface area contributed by atoms with Crippen molar-refractivity contribution in [3.8, 4) is 0 Å². The van der Waals surface area contributed by atoms with E-state index < -0.39 is 9.84 Å². The molecule has 6 heteroatoms. The zero-order valence-corrected chi connectivity index (χ0v) is 12.0. The van der Waals surface area contributed by atoms with Crippen LogP contribution in [0.5, 0.6) is 0 Å². The summed E-state index contributed by atoms with van der Waals surface area (Å²) in [5.41, 5.74) is 0.977. The molecule has 0 radical (unpaired) electrons. The molecule has 1 aromatic rings. The Morgan fingerprint density at radius 2 is 2.00 bits per heavy atom. The number of rotatable bonds is 4. The Kier molecular flexibility index (Phi) is 4.47. The van der Waals surface area contributed by atoms with E-state index >= 15 is 0 Å². The zero-order chi connectivity index (χ0) is 13.9. The third-order valence-electron chi connectivity index (χ3n) is 3.28. The van der Waals surface area contributed by atoms with Gasteiger partial charge in [0.25, 0.3) is 0 Å². The van der Waals surface area contributed by atoms with Crippen molar-refractivity contribution in [3.63, 3.8) is 0 Å². The van der Waals surface area contributed by atoms with Crippen molar-refractivity contribution < 1.29 is 13.2 Å². The number of carbonyl (C=O) groups is 1. The molecule has 4 nitrogen and oxygen atoms in total. The summed E-state index contributed by atoms with van der Waals surface area (Å²) in [6.07, 6.45) is 0.498. The van der Waals surface area contributed by atoms with Gasteiger partial charge in [-0.3, -0.25) is 4.79 Å². The predicted molar refractivity (Wildman–Crippen MR) is 74.8 cm³/mol. The number of sulfone groups is 1. The summed E-state index contributed by atoms with van der Waals surface area (Å²) in [7, 11) is -3.01. The van der Waals surface area contributed by atoms with Crippen molar-refractivity contribution in [1.29, 1.82) is 0 Å². The van der Waals surface area contributed by atoms with E-state index in [0.29, 0.717) is 13.0 Å². The molecular weight excluding hydrogens is 286 g/mol. The lowest BCUT2D eigenvalue weighted by atomic mass is 10.1. The third kappa shape index (κ3) is 3.70. The fraction of sp³-hybridized carbons (Fsp3) is 0.462. The molecule has 1 aliphatic heterocycles. The smallest absolute Gasteiger partial charge is 0.238 e. The van der Waals surface area contributed by atoms with Crippen LogP contribution in [-0.2, 0) is 21.2 Å². The molecule has 2 rings (SSSR count). The first-order valence-electron chi connectivity index (χ1n) is 6.11. The molecule has 1 aromatic carbocycles. The van der Waals surface area contributed by atoms with Crippen LogP contribution in [0.15, 0.2) is 30.3 Å². The first kappa shape index (κ1) is 14.3. The Bertz CT molecular complexity index is 544. The molecule has 0 N–H and O–H groups in total. The second kappa shape index (κ2) is 5.92. The van der Waals surface area contributed by atoms with Crippen LogP contribution in [0.2, 0.25) is 0 Å². The van der Waals surface area contributed by atoms with Gasteiger partial charge in [0, 0.05) is 12.6 Å². The highest BCUT2D eigenvalue weighted by Crippen LogP contribution is 2.20. The van der Waals surface area contributed by atoms with Crippen LogP contribution < -0.4 is 0 Å². The molecule has 1 unspecified atom stereocenters. The Morgan fingerprint density at radius 3 is 2.53 bits per heavy atom. The first-order chi connectivity index (χ1) is 9.02. The summed E-state index contributed by atoms with van der Waals surface area (Å²) < 4.78 is 23.1. The number of benzene rings is 1. The zero-order valence-electron chi connectivity index (χ0n) is 10.5. The molecule has 0 saturated carbocycles. The van der Waals surface area contributed by atoms with Crippen LogP contribution in [-0.4, -0.2) is 42.7 Å². The molecule has 1 saturated heterocycles. The van der Waals surface area contributed by atoms with Gasteiger partial charge < -0.3 is 4.90 Å². The second-order valence-corrected chi connectivity index (χ2v) is 7.19. The van der Waals surface area contributed by atoms with E-state index in [1.54, 1.807) is 4.90 Å². The summed E-state index contributed by atoms with van der Waals surface area (Å²) in [5, 5.41) is 0. The van der Waals surface area contributed by atoms with Gasteiger partial charge in [-0.15, -0.1) is 11.6 Å². The number of amides is 1. The van der Waals surface area contributed by atoms with Crippen LogP contribution >= 0.6 is 11.6 Å². The van der Waals surface area contributed by atoms with Crippen molar-refractivity contribution in [3.05, 3.63) is 35.9 Å². The van der Waals surface area contributed by atoms with Gasteiger partial charge in [-0.25, -0.2) is 8.42 Å². The van der Waals surface area contributed by atoms with Crippen molar-refractivity contribution in [2.75, 3.05) is 17.4 Å². The van der Waals surface area contributed by atoms with Gasteiger partial charge in [0.2, 0.25) is 5.91 Å². The monoisotopic (exact) mass is 301 g/mol. The molecule has 1 atom stereocenters. The molecule has 0 bridgehead atoms. The molecule has 1 aliphatic rings. The van der Waals surface area contributed by atoms with E-state index in [2.05, 4.69) is 0 Å². The van der Waals surface area contributed by atoms with E-state index in [1.807, 2.05) is 30.3 Å². The van der Waals surface area contributed by atoms with Crippen molar-refractivity contribution in [2.45, 2.75) is 19.0 Å². The first-order valence-corrected chi connectivity index (χ1v) is 8.47. The lowest BCUT2D eigenvalue weighted by molar-refractivity contribution is -0.131. The molecule has 0 aliphatic carbocycles. The molecule has 0 aromatic heterocycles. The van der Waals surface area contributed by atoms with Crippen LogP contribution in [0.1, 0.15) is 12.0 Å². The quantitative estimate of drug-likeness (QED) is 0.791. The largest absolute Gasteiger partial charge is 0.333 e. The van der Waals surface area contributed by atoms with E-state index in [1.165, 1.54) is 0 Å². The maximum absolute atomic E-state index is 11.9. The number of carbonyl (C=O) groups excluding carboxylic acids is 1. The minimum absolute atomic E-state index is 0.0441. The Hall–Kier alpha value is -1.07. The molecular formula is C13H16ClNO3S. The maximum atomic E-state index is 11.9. The fourth-order valence-electron chi connectivity index (χ4n) is 2.30. The van der Waals surface area contributed by atoms with Crippen molar-refractivity contribution >= 4 is 27.3 Å². The number of hydrogen-bond donors (Lipinski definition) is 0. The normalized spacial score (nSPS) is 21.2. The standard InChI is InChI=1S/C13H16ClNO3S/c14-8-13(16)15(9-11-4-2-1-3-5-11)12-6-7-19(17,18)10-12/h1-5,12H,6-10H2. The highest BCUT2D eigenvalue weighted by atomic mass is 35.5. The third-order valence-corrected chi connectivity index (χ3v) is 5.26. The van der Waals surface area contributed by atoms with E-state index in [0.717, 1.165) is 5.56 Å². The predicted octanol–water partition coefficient (Wildman–Crippen LogP) is 1.44. The van der Waals surface area contributed by atoms with Crippen molar-refractivity contribution in [2.24, 2.45) is 0 Å².